The Balaban J connectivity index is 0.00000232. The van der Waals surface area contributed by atoms with Crippen molar-refractivity contribution in [2.75, 3.05) is 17.6 Å². The van der Waals surface area contributed by atoms with Crippen LogP contribution in [0.15, 0.2) is 41.3 Å². The van der Waals surface area contributed by atoms with E-state index in [1.54, 1.807) is 12.1 Å². The van der Waals surface area contributed by atoms with Gasteiger partial charge >= 0.3 is 0 Å². The van der Waals surface area contributed by atoms with Crippen LogP contribution < -0.4 is 33.0 Å². The molecule has 0 saturated carbocycles. The van der Waals surface area contributed by atoms with Crippen molar-refractivity contribution < 1.29 is 19.1 Å². The summed E-state index contributed by atoms with van der Waals surface area (Å²) >= 11 is 0. The normalized spacial score (nSPS) is 10.0. The summed E-state index contributed by atoms with van der Waals surface area (Å²) in [5, 5.41) is 25.7. The minimum absolute atomic E-state index is 0.0307. The molecule has 44 heavy (non-hydrogen) atoms. The van der Waals surface area contributed by atoms with Gasteiger partial charge in [0, 0.05) is 35.9 Å². The van der Waals surface area contributed by atoms with Crippen molar-refractivity contribution in [2.24, 2.45) is 5.73 Å². The number of nitrogen functional groups attached to an aromatic ring is 2. The second-order valence-electron chi connectivity index (χ2n) is 9.44. The van der Waals surface area contributed by atoms with E-state index in [9.17, 15) is 23.9 Å². The quantitative estimate of drug-likeness (QED) is 0.0744. The molecule has 1 aromatic heterocycles. The first-order chi connectivity index (χ1) is 20.9. The highest BCUT2D eigenvalue weighted by Crippen LogP contribution is 2.24. The van der Waals surface area contributed by atoms with E-state index in [0.717, 1.165) is 12.5 Å². The molecule has 2 amide bonds. The molecule has 3 rings (SSSR count). The van der Waals surface area contributed by atoms with Crippen LogP contribution in [-0.2, 0) is 17.9 Å². The number of phenolic OH excluding ortho intramolecular Hbond substituents is 1. The second kappa shape index (κ2) is 17.5. The lowest BCUT2D eigenvalue weighted by Gasteiger charge is -2.17. The van der Waals surface area contributed by atoms with E-state index in [1.807, 2.05) is 34.6 Å². The molecule has 0 saturated heterocycles. The standard InChI is InChI=1S/C27H33FN8O4.C2H6.C2H2/c1-4-5-32-26(39)17-8-16(9-18(29)10-17)20-12-34-25(35-14(2)3)27(40)36(20)13-22(38)33-11-15-6-19(28)23(24(30)31)21(37)7-15;2*1-2/h6-10,12,14,37H,4-5,11,13,29H2,1-3H3,(H3,30,31)(H,32,39)(H,33,38)(H,34,35);1-2H3;1-2H. The van der Waals surface area contributed by atoms with E-state index in [1.165, 1.54) is 22.9 Å². The highest BCUT2D eigenvalue weighted by atomic mass is 19.1. The van der Waals surface area contributed by atoms with E-state index in [4.69, 9.17) is 16.9 Å². The van der Waals surface area contributed by atoms with Crippen LogP contribution in [0.25, 0.3) is 11.3 Å². The number of carbonyl (C=O) groups is 2. The third-order valence-corrected chi connectivity index (χ3v) is 5.72. The number of nitrogens with one attached hydrogen (secondary N) is 4. The molecule has 12 nitrogen and oxygen atoms in total. The fourth-order valence-corrected chi connectivity index (χ4v) is 3.93. The van der Waals surface area contributed by atoms with E-state index in [-0.39, 0.29) is 46.8 Å². The lowest BCUT2D eigenvalue weighted by Crippen LogP contribution is -2.35. The summed E-state index contributed by atoms with van der Waals surface area (Å²) < 4.78 is 15.5. The first-order valence-electron chi connectivity index (χ1n) is 13.9. The lowest BCUT2D eigenvalue weighted by molar-refractivity contribution is -0.121. The molecular weight excluding hydrogens is 567 g/mol. The molecule has 1 heterocycles. The average Bonchev–Trinajstić information content (AvgIpc) is 2.98. The van der Waals surface area contributed by atoms with Crippen molar-refractivity contribution in [3.63, 3.8) is 0 Å². The molecule has 0 atom stereocenters. The third kappa shape index (κ3) is 9.87. The van der Waals surface area contributed by atoms with Gasteiger partial charge in [0.2, 0.25) is 5.91 Å². The van der Waals surface area contributed by atoms with E-state index in [2.05, 4.69) is 33.8 Å². The minimum Gasteiger partial charge on any atom is -0.507 e. The summed E-state index contributed by atoms with van der Waals surface area (Å²) in [4.78, 5) is 43.1. The number of terminal acetylenes is 1. The van der Waals surface area contributed by atoms with Gasteiger partial charge in [0.05, 0.1) is 17.5 Å². The van der Waals surface area contributed by atoms with Gasteiger partial charge in [-0.15, -0.1) is 12.8 Å². The van der Waals surface area contributed by atoms with Gasteiger partial charge in [0.25, 0.3) is 11.5 Å². The number of aromatic hydroxyl groups is 1. The van der Waals surface area contributed by atoms with Gasteiger partial charge in [-0.2, -0.15) is 0 Å². The van der Waals surface area contributed by atoms with Gasteiger partial charge in [0.15, 0.2) is 5.82 Å². The van der Waals surface area contributed by atoms with Crippen LogP contribution in [0.1, 0.15) is 62.5 Å². The predicted octanol–water partition coefficient (Wildman–Crippen LogP) is 3.17. The van der Waals surface area contributed by atoms with Gasteiger partial charge in [-0.25, -0.2) is 9.37 Å². The Bertz CT molecular complexity index is 1530. The summed E-state index contributed by atoms with van der Waals surface area (Å²) in [6, 6.07) is 6.76. The molecule has 0 aliphatic rings. The zero-order chi connectivity index (χ0) is 33.6. The van der Waals surface area contributed by atoms with Gasteiger partial charge in [0.1, 0.15) is 23.9 Å². The molecule has 9 N–H and O–H groups in total. The number of halogens is 1. The molecule has 2 aromatic carbocycles. The Morgan fingerprint density at radius 2 is 1.80 bits per heavy atom. The lowest BCUT2D eigenvalue weighted by atomic mass is 10.1. The summed E-state index contributed by atoms with van der Waals surface area (Å²) in [5.41, 5.74) is 11.8. The zero-order valence-electron chi connectivity index (χ0n) is 25.6. The van der Waals surface area contributed by atoms with Crippen LogP contribution in [0.4, 0.5) is 15.9 Å². The van der Waals surface area contributed by atoms with Crippen LogP contribution in [0.3, 0.4) is 0 Å². The molecule has 3 aromatic rings. The number of rotatable bonds is 11. The summed E-state index contributed by atoms with van der Waals surface area (Å²) in [6.07, 6.45) is 10.2. The van der Waals surface area contributed by atoms with E-state index >= 15 is 0 Å². The second-order valence-corrected chi connectivity index (χ2v) is 9.44. The van der Waals surface area contributed by atoms with Gasteiger partial charge in [-0.1, -0.05) is 20.8 Å². The van der Waals surface area contributed by atoms with Gasteiger partial charge in [-0.05, 0) is 56.2 Å². The Morgan fingerprint density at radius 1 is 1.14 bits per heavy atom. The fraction of sp³-hybridized carbons (Fsp3) is 0.323. The van der Waals surface area contributed by atoms with Crippen molar-refractivity contribution in [2.45, 2.75) is 60.2 Å². The summed E-state index contributed by atoms with van der Waals surface area (Å²) in [5.74, 6) is -2.97. The topological polar surface area (TPSA) is 201 Å². The Hall–Kier alpha value is -5.38. The molecule has 0 unspecified atom stereocenters. The van der Waals surface area contributed by atoms with Crippen LogP contribution in [-0.4, -0.2) is 44.9 Å². The number of nitrogens with zero attached hydrogens (tertiary/aromatic N) is 2. The van der Waals surface area contributed by atoms with Crippen molar-refractivity contribution >= 4 is 29.2 Å². The number of carbonyl (C=O) groups excluding carboxylic acids is 2. The maximum atomic E-state index is 14.3. The monoisotopic (exact) mass is 608 g/mol. The summed E-state index contributed by atoms with van der Waals surface area (Å²) in [6.45, 7) is 9.45. The molecule has 0 spiro atoms. The number of hydrogen-bond donors (Lipinski definition) is 7. The highest BCUT2D eigenvalue weighted by molar-refractivity contribution is 5.98. The van der Waals surface area contributed by atoms with Gasteiger partial charge < -0.3 is 32.5 Å². The van der Waals surface area contributed by atoms with Crippen LogP contribution >= 0.6 is 0 Å². The Morgan fingerprint density at radius 3 is 2.36 bits per heavy atom. The molecule has 0 bridgehead atoms. The average molecular weight is 609 g/mol. The largest absolute Gasteiger partial charge is 0.507 e. The zero-order valence-corrected chi connectivity index (χ0v) is 25.6. The number of nitrogens with two attached hydrogens (primary N) is 2. The molecule has 0 radical (unpaired) electrons. The molecular formula is C31H41FN8O4. The van der Waals surface area contributed by atoms with Crippen molar-refractivity contribution in [1.82, 2.24) is 20.2 Å². The molecule has 0 fully saturated rings. The maximum Gasteiger partial charge on any atom is 0.294 e. The van der Waals surface area contributed by atoms with Gasteiger partial charge in [-0.3, -0.25) is 24.4 Å². The Kier molecular flexibility index (Phi) is 14.6. The van der Waals surface area contributed by atoms with Crippen LogP contribution in [0.2, 0.25) is 0 Å². The highest BCUT2D eigenvalue weighted by Gasteiger charge is 2.18. The smallest absolute Gasteiger partial charge is 0.294 e. The molecule has 236 valence electrons. The molecule has 0 aliphatic carbocycles. The minimum atomic E-state index is -0.908. The molecule has 13 heteroatoms. The number of anilines is 2. The van der Waals surface area contributed by atoms with E-state index < -0.39 is 41.0 Å². The summed E-state index contributed by atoms with van der Waals surface area (Å²) in [7, 11) is 0. The maximum absolute atomic E-state index is 14.3. The van der Waals surface area contributed by atoms with Crippen molar-refractivity contribution in [3.8, 4) is 29.9 Å². The van der Waals surface area contributed by atoms with Crippen LogP contribution in [0, 0.1) is 24.1 Å². The number of aromatic nitrogens is 2. The number of phenols is 1. The first-order valence-corrected chi connectivity index (χ1v) is 13.9. The fourth-order valence-electron chi connectivity index (χ4n) is 3.93. The SMILES string of the molecule is C#C.CC.CCCNC(=O)c1cc(N)cc(-c2cnc(NC(C)C)c(=O)n2CC(=O)NCc2cc(O)c(C(=N)N)c(F)c2)c1. The number of amides is 2. The number of hydrogen-bond acceptors (Lipinski definition) is 8. The molecule has 0 aliphatic heterocycles. The third-order valence-electron chi connectivity index (χ3n) is 5.72. The Labute approximate surface area is 256 Å². The van der Waals surface area contributed by atoms with Crippen molar-refractivity contribution in [3.05, 3.63) is 69.4 Å². The van der Waals surface area contributed by atoms with E-state index in [0.29, 0.717) is 12.1 Å². The van der Waals surface area contributed by atoms with Crippen molar-refractivity contribution in [1.29, 1.82) is 5.41 Å². The van der Waals surface area contributed by atoms with Crippen LogP contribution in [0.5, 0.6) is 5.75 Å². The predicted molar refractivity (Wildman–Crippen MR) is 172 cm³/mol. The number of amidine groups is 1. The number of benzene rings is 2. The first kappa shape index (κ1) is 36.6.